The molecule has 0 aromatic carbocycles. The van der Waals surface area contributed by atoms with Crippen LogP contribution < -0.4 is 5.32 Å². The van der Waals surface area contributed by atoms with E-state index in [1.165, 1.54) is 37.0 Å². The Balaban J connectivity index is 1.65. The van der Waals surface area contributed by atoms with E-state index in [9.17, 15) is 14.4 Å². The molecular weight excluding hydrogens is 344 g/mol. The summed E-state index contributed by atoms with van der Waals surface area (Å²) in [6.07, 6.45) is 6.12. The van der Waals surface area contributed by atoms with Gasteiger partial charge in [0.2, 0.25) is 0 Å². The fourth-order valence-electron chi connectivity index (χ4n) is 2.80. The highest BCUT2D eigenvalue weighted by Gasteiger charge is 2.17. The third-order valence-corrected chi connectivity index (χ3v) is 4.83. The van der Waals surface area contributed by atoms with Crippen LogP contribution in [0.5, 0.6) is 0 Å². The van der Waals surface area contributed by atoms with Crippen molar-refractivity contribution >= 4 is 34.3 Å². The second kappa shape index (κ2) is 10.1. The van der Waals surface area contributed by atoms with Gasteiger partial charge in [-0.1, -0.05) is 25.7 Å². The highest BCUT2D eigenvalue weighted by molar-refractivity contribution is 7.13. The molecule has 0 spiro atoms. The van der Waals surface area contributed by atoms with Gasteiger partial charge in [0.15, 0.2) is 11.7 Å². The van der Waals surface area contributed by atoms with E-state index in [4.69, 9.17) is 9.47 Å². The molecular formula is C17H24N2O5S. The summed E-state index contributed by atoms with van der Waals surface area (Å²) in [6, 6.07) is 0. The summed E-state index contributed by atoms with van der Waals surface area (Å²) < 4.78 is 9.83. The molecule has 0 aliphatic heterocycles. The zero-order chi connectivity index (χ0) is 18.1. The van der Waals surface area contributed by atoms with Gasteiger partial charge in [-0.25, -0.2) is 4.98 Å². The minimum atomic E-state index is -0.439. The molecule has 25 heavy (non-hydrogen) atoms. The highest BCUT2D eigenvalue weighted by Crippen LogP contribution is 2.28. The molecule has 1 saturated carbocycles. The number of nitrogens with one attached hydrogen (secondary N) is 1. The van der Waals surface area contributed by atoms with E-state index in [1.54, 1.807) is 12.3 Å². The third-order valence-electron chi connectivity index (χ3n) is 4.02. The van der Waals surface area contributed by atoms with Crippen LogP contribution in [-0.4, -0.2) is 36.0 Å². The van der Waals surface area contributed by atoms with Crippen LogP contribution in [0, 0.1) is 5.92 Å². The normalized spacial score (nSPS) is 14.3. The Hall–Kier alpha value is -1.96. The van der Waals surface area contributed by atoms with Crippen LogP contribution in [0.3, 0.4) is 0 Å². The first-order chi connectivity index (χ1) is 12.1. The van der Waals surface area contributed by atoms with Crippen LogP contribution in [0.25, 0.3) is 0 Å². The van der Waals surface area contributed by atoms with Gasteiger partial charge in [0, 0.05) is 11.8 Å². The molecule has 1 aromatic heterocycles. The van der Waals surface area contributed by atoms with Gasteiger partial charge in [-0.15, -0.1) is 11.3 Å². The van der Waals surface area contributed by atoms with Gasteiger partial charge in [0.1, 0.15) is 0 Å². The Bertz CT molecular complexity index is 596. The molecule has 8 heteroatoms. The molecule has 2 rings (SSSR count). The molecule has 1 aliphatic rings. The zero-order valence-electron chi connectivity index (χ0n) is 14.4. The maximum atomic E-state index is 11.8. The average molecular weight is 368 g/mol. The number of amides is 1. The molecule has 0 atom stereocenters. The number of esters is 2. The number of carbonyl (C=O) groups is 3. The largest absolute Gasteiger partial charge is 0.466 e. The molecule has 1 aliphatic carbocycles. The van der Waals surface area contributed by atoms with Crippen molar-refractivity contribution in [3.8, 4) is 0 Å². The summed E-state index contributed by atoms with van der Waals surface area (Å²) in [5.74, 6) is -0.521. The number of hydrogen-bond donors (Lipinski definition) is 1. The van der Waals surface area contributed by atoms with Gasteiger partial charge in [-0.05, 0) is 19.3 Å². The van der Waals surface area contributed by atoms with Crippen LogP contribution in [0.4, 0.5) is 5.13 Å². The summed E-state index contributed by atoms with van der Waals surface area (Å²) in [5, 5.41) is 4.61. The molecule has 0 bridgehead atoms. The van der Waals surface area contributed by atoms with Gasteiger partial charge >= 0.3 is 11.9 Å². The number of carbonyl (C=O) groups excluding carboxylic acids is 3. The lowest BCUT2D eigenvalue weighted by Crippen LogP contribution is -2.21. The van der Waals surface area contributed by atoms with E-state index in [1.807, 2.05) is 0 Å². The Morgan fingerprint density at radius 1 is 1.24 bits per heavy atom. The second-order valence-electron chi connectivity index (χ2n) is 6.02. The first-order valence-corrected chi connectivity index (χ1v) is 9.50. The van der Waals surface area contributed by atoms with Crippen LogP contribution in [-0.2, 0) is 30.3 Å². The Morgan fingerprint density at radius 2 is 2.00 bits per heavy atom. The van der Waals surface area contributed by atoms with Crippen molar-refractivity contribution < 1.29 is 23.9 Å². The standard InChI is InChI=1S/C17H24N2O5S/c1-2-23-16(22)9-13-11-25-17(18-13)19-14(20)10-24-15(21)8-7-12-5-3-4-6-12/h11-12H,2-10H2,1H3,(H,18,19,20). The van der Waals surface area contributed by atoms with E-state index in [2.05, 4.69) is 10.3 Å². The average Bonchev–Trinajstić information content (AvgIpc) is 3.23. The maximum absolute atomic E-state index is 11.8. The van der Waals surface area contributed by atoms with Crippen LogP contribution >= 0.6 is 11.3 Å². The van der Waals surface area contributed by atoms with Gasteiger partial charge in [-0.3, -0.25) is 19.7 Å². The van der Waals surface area contributed by atoms with Crippen LogP contribution in [0.1, 0.15) is 51.1 Å². The van der Waals surface area contributed by atoms with E-state index < -0.39 is 5.91 Å². The lowest BCUT2D eigenvalue weighted by molar-refractivity contribution is -0.147. The predicted octanol–water partition coefficient (Wildman–Crippen LogP) is 2.70. The molecule has 1 N–H and O–H groups in total. The van der Waals surface area contributed by atoms with Crippen LogP contribution in [0.15, 0.2) is 5.38 Å². The summed E-state index contributed by atoms with van der Waals surface area (Å²) in [5.41, 5.74) is 0.535. The number of hydrogen-bond acceptors (Lipinski definition) is 7. The maximum Gasteiger partial charge on any atom is 0.311 e. The molecule has 138 valence electrons. The van der Waals surface area contributed by atoms with Gasteiger partial charge in [0.25, 0.3) is 5.91 Å². The predicted molar refractivity (Wildman–Crippen MR) is 93.2 cm³/mol. The van der Waals surface area contributed by atoms with E-state index in [-0.39, 0.29) is 25.0 Å². The quantitative estimate of drug-likeness (QED) is 0.674. The minimum Gasteiger partial charge on any atom is -0.466 e. The molecule has 1 aromatic rings. The first kappa shape index (κ1) is 19.4. The third kappa shape index (κ3) is 7.21. The number of nitrogens with zero attached hydrogens (tertiary/aromatic N) is 1. The number of rotatable bonds is 9. The van der Waals surface area contributed by atoms with Crippen molar-refractivity contribution in [2.75, 3.05) is 18.5 Å². The smallest absolute Gasteiger partial charge is 0.311 e. The van der Waals surface area contributed by atoms with E-state index in [0.717, 1.165) is 6.42 Å². The first-order valence-electron chi connectivity index (χ1n) is 8.62. The lowest BCUT2D eigenvalue weighted by Gasteiger charge is -2.08. The monoisotopic (exact) mass is 368 g/mol. The van der Waals surface area contributed by atoms with Crippen molar-refractivity contribution in [2.45, 2.75) is 51.9 Å². The molecule has 1 heterocycles. The molecule has 1 fully saturated rings. The second-order valence-corrected chi connectivity index (χ2v) is 6.88. The number of anilines is 1. The van der Waals surface area contributed by atoms with Crippen molar-refractivity contribution in [3.05, 3.63) is 11.1 Å². The lowest BCUT2D eigenvalue weighted by atomic mass is 10.0. The van der Waals surface area contributed by atoms with Gasteiger partial charge in [0.05, 0.1) is 18.7 Å². The van der Waals surface area contributed by atoms with Crippen molar-refractivity contribution in [3.63, 3.8) is 0 Å². The Labute approximate surface area is 151 Å². The van der Waals surface area contributed by atoms with Gasteiger partial charge in [-0.2, -0.15) is 0 Å². The van der Waals surface area contributed by atoms with E-state index >= 15 is 0 Å². The van der Waals surface area contributed by atoms with Gasteiger partial charge < -0.3 is 9.47 Å². The summed E-state index contributed by atoms with van der Waals surface area (Å²) in [6.45, 7) is 1.73. The van der Waals surface area contributed by atoms with Crippen molar-refractivity contribution in [2.24, 2.45) is 5.92 Å². The molecule has 0 radical (unpaired) electrons. The fraction of sp³-hybridized carbons (Fsp3) is 0.647. The van der Waals surface area contributed by atoms with Crippen LogP contribution in [0.2, 0.25) is 0 Å². The fourth-order valence-corrected chi connectivity index (χ4v) is 3.53. The molecule has 7 nitrogen and oxygen atoms in total. The Morgan fingerprint density at radius 3 is 2.72 bits per heavy atom. The SMILES string of the molecule is CCOC(=O)Cc1csc(NC(=O)COC(=O)CCC2CCCC2)n1. The topological polar surface area (TPSA) is 94.6 Å². The number of aromatic nitrogens is 1. The van der Waals surface area contributed by atoms with Crippen molar-refractivity contribution in [1.82, 2.24) is 4.98 Å². The summed E-state index contributed by atoms with van der Waals surface area (Å²) in [7, 11) is 0. The Kier molecular flexibility index (Phi) is 7.84. The summed E-state index contributed by atoms with van der Waals surface area (Å²) in [4.78, 5) is 39.0. The molecule has 0 saturated heterocycles. The number of ether oxygens (including phenoxy) is 2. The van der Waals surface area contributed by atoms with E-state index in [0.29, 0.717) is 29.8 Å². The molecule has 1 amide bonds. The summed E-state index contributed by atoms with van der Waals surface area (Å²) >= 11 is 1.21. The zero-order valence-corrected chi connectivity index (χ0v) is 15.2. The number of thiazole rings is 1. The minimum absolute atomic E-state index is 0.0658. The highest BCUT2D eigenvalue weighted by atomic mass is 32.1. The molecule has 0 unspecified atom stereocenters. The van der Waals surface area contributed by atoms with Crippen molar-refractivity contribution in [1.29, 1.82) is 0 Å².